The van der Waals surface area contributed by atoms with E-state index in [1.807, 2.05) is 48.5 Å². The number of thiophene rings is 1. The third-order valence-corrected chi connectivity index (χ3v) is 7.68. The normalized spacial score (nSPS) is 13.3. The number of benzene rings is 3. The number of halogens is 1. The molecule has 0 saturated carbocycles. The van der Waals surface area contributed by atoms with E-state index in [1.54, 1.807) is 24.7 Å². The van der Waals surface area contributed by atoms with Gasteiger partial charge >= 0.3 is 0 Å². The van der Waals surface area contributed by atoms with Crippen molar-refractivity contribution in [2.75, 3.05) is 13.7 Å². The maximum absolute atomic E-state index is 9.87. The largest absolute Gasteiger partial charge is 0.493 e. The van der Waals surface area contributed by atoms with Crippen molar-refractivity contribution in [3.63, 3.8) is 0 Å². The summed E-state index contributed by atoms with van der Waals surface area (Å²) in [6.45, 7) is 3.09. The zero-order valence-electron chi connectivity index (χ0n) is 20.5. The van der Waals surface area contributed by atoms with Crippen LogP contribution in [0.15, 0.2) is 77.8 Å². The molecule has 37 heavy (non-hydrogen) atoms. The van der Waals surface area contributed by atoms with Crippen molar-refractivity contribution in [2.24, 2.45) is 4.99 Å². The Hall–Kier alpha value is -3.63. The minimum atomic E-state index is 0.411. The summed E-state index contributed by atoms with van der Waals surface area (Å²) in [6.07, 6.45) is 2.65. The van der Waals surface area contributed by atoms with Crippen molar-refractivity contribution in [1.29, 1.82) is 5.26 Å². The lowest BCUT2D eigenvalue weighted by molar-refractivity contribution is 0.249. The van der Waals surface area contributed by atoms with Crippen LogP contribution in [-0.4, -0.2) is 24.8 Å². The number of nitrogens with zero attached hydrogens (tertiary/aromatic N) is 3. The van der Waals surface area contributed by atoms with Crippen LogP contribution >= 0.6 is 22.9 Å². The van der Waals surface area contributed by atoms with Gasteiger partial charge in [0.25, 0.3) is 0 Å². The van der Waals surface area contributed by atoms with Gasteiger partial charge in [-0.2, -0.15) is 5.26 Å². The molecular formula is C30H26ClN3O2S. The van der Waals surface area contributed by atoms with Gasteiger partial charge in [-0.25, -0.2) is 4.99 Å². The molecule has 0 spiro atoms. The average Bonchev–Trinajstić information content (AvgIpc) is 3.29. The van der Waals surface area contributed by atoms with E-state index >= 15 is 0 Å². The minimum absolute atomic E-state index is 0.411. The van der Waals surface area contributed by atoms with E-state index in [9.17, 15) is 5.26 Å². The molecule has 1 aromatic heterocycles. The molecule has 0 saturated heterocycles. The van der Waals surface area contributed by atoms with Gasteiger partial charge in [0.1, 0.15) is 17.7 Å². The lowest BCUT2D eigenvalue weighted by atomic mass is 10.0. The van der Waals surface area contributed by atoms with E-state index in [0.29, 0.717) is 28.7 Å². The highest BCUT2D eigenvalue weighted by Crippen LogP contribution is 2.39. The first-order valence-electron chi connectivity index (χ1n) is 12.0. The number of ether oxygens (including phenoxy) is 2. The number of nitriles is 1. The fraction of sp³-hybridized carbons (Fsp3) is 0.200. The second kappa shape index (κ2) is 11.6. The summed E-state index contributed by atoms with van der Waals surface area (Å²) >= 11 is 7.57. The third kappa shape index (κ3) is 6.03. The topological polar surface area (TPSA) is 57.8 Å². The Morgan fingerprint density at radius 2 is 1.86 bits per heavy atom. The summed E-state index contributed by atoms with van der Waals surface area (Å²) in [5, 5.41) is 11.3. The van der Waals surface area contributed by atoms with E-state index in [0.717, 1.165) is 47.7 Å². The lowest BCUT2D eigenvalue weighted by Gasteiger charge is -2.26. The summed E-state index contributed by atoms with van der Waals surface area (Å²) in [5.41, 5.74) is 5.04. The molecule has 0 fully saturated rings. The van der Waals surface area contributed by atoms with Crippen LogP contribution in [0.4, 0.5) is 5.00 Å². The van der Waals surface area contributed by atoms with E-state index in [1.165, 1.54) is 10.4 Å². The molecule has 5 rings (SSSR count). The van der Waals surface area contributed by atoms with Gasteiger partial charge in [-0.1, -0.05) is 54.1 Å². The second-order valence-electron chi connectivity index (χ2n) is 8.83. The molecule has 0 aliphatic carbocycles. The number of methoxy groups -OCH3 is 1. The van der Waals surface area contributed by atoms with E-state index in [2.05, 4.69) is 35.2 Å². The van der Waals surface area contributed by atoms with Crippen molar-refractivity contribution >= 4 is 34.2 Å². The fourth-order valence-corrected chi connectivity index (χ4v) is 5.69. The number of aliphatic imine (C=N–C) groups is 1. The van der Waals surface area contributed by atoms with E-state index in [4.69, 9.17) is 26.1 Å². The van der Waals surface area contributed by atoms with Gasteiger partial charge < -0.3 is 9.47 Å². The molecule has 0 unspecified atom stereocenters. The predicted molar refractivity (Wildman–Crippen MR) is 149 cm³/mol. The first kappa shape index (κ1) is 25.0. The third-order valence-electron chi connectivity index (χ3n) is 6.30. The Balaban J connectivity index is 1.29. The molecule has 2 heterocycles. The first-order valence-corrected chi connectivity index (χ1v) is 13.2. The van der Waals surface area contributed by atoms with Crippen LogP contribution in [0.1, 0.15) is 32.7 Å². The number of hydrogen-bond donors (Lipinski definition) is 0. The van der Waals surface area contributed by atoms with Gasteiger partial charge in [0.05, 0.1) is 12.7 Å². The molecule has 3 aromatic carbocycles. The molecule has 7 heteroatoms. The van der Waals surface area contributed by atoms with Crippen molar-refractivity contribution in [3.05, 3.63) is 111 Å². The fourth-order valence-electron chi connectivity index (χ4n) is 4.38. The minimum Gasteiger partial charge on any atom is -0.493 e. The molecule has 4 aromatic rings. The lowest BCUT2D eigenvalue weighted by Crippen LogP contribution is -2.29. The van der Waals surface area contributed by atoms with Gasteiger partial charge in [-0.05, 0) is 59.0 Å². The molecular weight excluding hydrogens is 502 g/mol. The van der Waals surface area contributed by atoms with Crippen molar-refractivity contribution < 1.29 is 9.47 Å². The summed E-state index contributed by atoms with van der Waals surface area (Å²) in [6, 6.07) is 26.2. The molecule has 0 radical (unpaired) electrons. The van der Waals surface area contributed by atoms with Crippen LogP contribution in [0.25, 0.3) is 0 Å². The Morgan fingerprint density at radius 3 is 2.62 bits per heavy atom. The molecule has 0 atom stereocenters. The predicted octanol–water partition coefficient (Wildman–Crippen LogP) is 7.17. The van der Waals surface area contributed by atoms with Gasteiger partial charge in [0.2, 0.25) is 0 Å². The highest BCUT2D eigenvalue weighted by Gasteiger charge is 2.24. The van der Waals surface area contributed by atoms with Crippen molar-refractivity contribution in [2.45, 2.75) is 26.1 Å². The number of hydrogen-bond acceptors (Lipinski definition) is 6. The summed E-state index contributed by atoms with van der Waals surface area (Å²) in [5.74, 6) is 1.28. The SMILES string of the molecule is COc1cc(C=Nc2sc3c(c2C#N)CCN(Cc2ccccc2)C3)ccc1OCc1ccc(Cl)cc1. The van der Waals surface area contributed by atoms with Crippen LogP contribution in [0.5, 0.6) is 11.5 Å². The highest BCUT2D eigenvalue weighted by molar-refractivity contribution is 7.16. The van der Waals surface area contributed by atoms with E-state index < -0.39 is 0 Å². The van der Waals surface area contributed by atoms with Crippen LogP contribution in [0, 0.1) is 11.3 Å². The molecule has 0 bridgehead atoms. The van der Waals surface area contributed by atoms with E-state index in [-0.39, 0.29) is 0 Å². The zero-order valence-corrected chi connectivity index (χ0v) is 22.1. The number of rotatable bonds is 8. The molecule has 5 nitrogen and oxygen atoms in total. The Bertz CT molecular complexity index is 1440. The maximum atomic E-state index is 9.87. The number of fused-ring (bicyclic) bond motifs is 1. The quantitative estimate of drug-likeness (QED) is 0.228. The van der Waals surface area contributed by atoms with Gasteiger partial charge in [-0.3, -0.25) is 4.90 Å². The maximum Gasteiger partial charge on any atom is 0.161 e. The second-order valence-corrected chi connectivity index (χ2v) is 10.3. The highest BCUT2D eigenvalue weighted by atomic mass is 35.5. The molecule has 0 amide bonds. The van der Waals surface area contributed by atoms with Crippen LogP contribution in [0.2, 0.25) is 5.02 Å². The average molecular weight is 528 g/mol. The molecule has 1 aliphatic rings. The monoisotopic (exact) mass is 527 g/mol. The Labute approximate surface area is 226 Å². The molecule has 186 valence electrons. The standard InChI is InChI=1S/C30H26ClN3O2S/c1-35-28-15-23(9-12-27(28)36-20-22-7-10-24(31)11-8-22)17-33-30-26(16-32)25-13-14-34(19-29(25)37-30)18-21-5-3-2-4-6-21/h2-12,15,17H,13-14,18-20H2,1H3. The Morgan fingerprint density at radius 1 is 1.05 bits per heavy atom. The summed E-state index contributed by atoms with van der Waals surface area (Å²) in [4.78, 5) is 8.37. The smallest absolute Gasteiger partial charge is 0.161 e. The zero-order chi connectivity index (χ0) is 25.6. The van der Waals surface area contributed by atoms with Crippen LogP contribution < -0.4 is 9.47 Å². The summed E-state index contributed by atoms with van der Waals surface area (Å²) in [7, 11) is 1.62. The van der Waals surface area contributed by atoms with Crippen molar-refractivity contribution in [3.8, 4) is 17.6 Å². The van der Waals surface area contributed by atoms with Crippen molar-refractivity contribution in [1.82, 2.24) is 4.90 Å². The Kier molecular flexibility index (Phi) is 7.86. The van der Waals surface area contributed by atoms with Gasteiger partial charge in [0.15, 0.2) is 11.5 Å². The summed E-state index contributed by atoms with van der Waals surface area (Å²) < 4.78 is 11.5. The van der Waals surface area contributed by atoms with Crippen LogP contribution in [0.3, 0.4) is 0 Å². The van der Waals surface area contributed by atoms with Gasteiger partial charge in [0, 0.05) is 35.7 Å². The molecule has 1 aliphatic heterocycles. The first-order chi connectivity index (χ1) is 18.1. The van der Waals surface area contributed by atoms with Gasteiger partial charge in [-0.15, -0.1) is 11.3 Å². The molecule has 0 N–H and O–H groups in total. The van der Waals surface area contributed by atoms with Crippen LogP contribution in [-0.2, 0) is 26.1 Å².